The monoisotopic (exact) mass is 347 g/mol. The minimum atomic E-state index is -0.403. The first-order valence-corrected chi connectivity index (χ1v) is 8.39. The van der Waals surface area contributed by atoms with Gasteiger partial charge < -0.3 is 9.47 Å². The molecule has 0 bridgehead atoms. The van der Waals surface area contributed by atoms with Crippen LogP contribution in [0.4, 0.5) is 5.69 Å². The minimum absolute atomic E-state index is 0.0376. The highest BCUT2D eigenvalue weighted by Gasteiger charge is 2.21. The van der Waals surface area contributed by atoms with E-state index >= 15 is 0 Å². The van der Waals surface area contributed by atoms with Crippen molar-refractivity contribution in [3.05, 3.63) is 50.3 Å². The largest absolute Gasteiger partial charge is 0.467 e. The van der Waals surface area contributed by atoms with E-state index in [0.717, 1.165) is 22.5 Å². The average Bonchev–Trinajstić information content (AvgIpc) is 2.57. The van der Waals surface area contributed by atoms with Gasteiger partial charge in [0.2, 0.25) is 0 Å². The number of aryl methyl sites for hydroxylation is 2. The SMILES string of the molecule is Cc1nc(SCc2cc([N+](=O)[O-])cc3c2OCOC3)nc(C)c1C. The van der Waals surface area contributed by atoms with E-state index < -0.39 is 4.92 Å². The summed E-state index contributed by atoms with van der Waals surface area (Å²) in [5.74, 6) is 1.16. The Morgan fingerprint density at radius 3 is 2.62 bits per heavy atom. The van der Waals surface area contributed by atoms with Gasteiger partial charge in [0.1, 0.15) is 5.75 Å². The van der Waals surface area contributed by atoms with Crippen molar-refractivity contribution >= 4 is 17.4 Å². The van der Waals surface area contributed by atoms with Crippen LogP contribution in [0.3, 0.4) is 0 Å². The standard InChI is InChI=1S/C16H17N3O4S/c1-9-10(2)17-16(18-11(9)3)24-7-13-5-14(19(20)21)4-12-6-22-8-23-15(12)13/h4-5H,6-8H2,1-3H3. The molecule has 2 heterocycles. The molecule has 1 aliphatic heterocycles. The Morgan fingerprint density at radius 2 is 1.96 bits per heavy atom. The van der Waals surface area contributed by atoms with Gasteiger partial charge in [-0.15, -0.1) is 0 Å². The number of rotatable bonds is 4. The third-order valence-electron chi connectivity index (χ3n) is 3.95. The van der Waals surface area contributed by atoms with Gasteiger partial charge >= 0.3 is 0 Å². The fraction of sp³-hybridized carbons (Fsp3) is 0.375. The lowest BCUT2D eigenvalue weighted by Crippen LogP contribution is -2.13. The molecule has 0 N–H and O–H groups in total. The lowest BCUT2D eigenvalue weighted by atomic mass is 10.1. The maximum absolute atomic E-state index is 11.1. The number of thioether (sulfide) groups is 1. The van der Waals surface area contributed by atoms with Gasteiger partial charge in [0, 0.05) is 40.4 Å². The molecule has 8 heteroatoms. The van der Waals surface area contributed by atoms with Gasteiger partial charge in [-0.2, -0.15) is 0 Å². The molecule has 7 nitrogen and oxygen atoms in total. The highest BCUT2D eigenvalue weighted by Crippen LogP contribution is 2.35. The van der Waals surface area contributed by atoms with Crippen molar-refractivity contribution < 1.29 is 14.4 Å². The quantitative estimate of drug-likeness (QED) is 0.362. The number of hydrogen-bond acceptors (Lipinski definition) is 7. The van der Waals surface area contributed by atoms with Gasteiger partial charge in [0.15, 0.2) is 11.9 Å². The molecule has 0 aliphatic carbocycles. The zero-order chi connectivity index (χ0) is 17.3. The number of hydrogen-bond donors (Lipinski definition) is 0. The first-order chi connectivity index (χ1) is 11.5. The molecule has 0 radical (unpaired) electrons. The zero-order valence-corrected chi connectivity index (χ0v) is 14.5. The number of non-ortho nitro benzene ring substituents is 1. The molecule has 0 unspecified atom stereocenters. The van der Waals surface area contributed by atoms with Crippen molar-refractivity contribution in [2.75, 3.05) is 6.79 Å². The molecule has 126 valence electrons. The maximum Gasteiger partial charge on any atom is 0.270 e. The Bertz CT molecular complexity index is 787. The number of aromatic nitrogens is 2. The number of benzene rings is 1. The Kier molecular flexibility index (Phi) is 4.68. The molecule has 0 saturated carbocycles. The summed E-state index contributed by atoms with van der Waals surface area (Å²) in [7, 11) is 0. The van der Waals surface area contributed by atoms with Gasteiger partial charge in [0.25, 0.3) is 5.69 Å². The predicted octanol–water partition coefficient (Wildman–Crippen LogP) is 3.47. The third kappa shape index (κ3) is 3.34. The van der Waals surface area contributed by atoms with Crippen molar-refractivity contribution in [1.29, 1.82) is 0 Å². The van der Waals surface area contributed by atoms with E-state index in [-0.39, 0.29) is 12.5 Å². The van der Waals surface area contributed by atoms with E-state index in [0.29, 0.717) is 28.8 Å². The van der Waals surface area contributed by atoms with Crippen molar-refractivity contribution in [1.82, 2.24) is 9.97 Å². The van der Waals surface area contributed by atoms with Crippen LogP contribution in [0.25, 0.3) is 0 Å². The molecule has 0 saturated heterocycles. The lowest BCUT2D eigenvalue weighted by molar-refractivity contribution is -0.385. The molecule has 0 fully saturated rings. The van der Waals surface area contributed by atoms with Crippen LogP contribution in [0, 0.1) is 30.9 Å². The number of nitrogens with zero attached hydrogens (tertiary/aromatic N) is 3. The number of nitro benzene ring substituents is 1. The van der Waals surface area contributed by atoms with Gasteiger partial charge in [-0.3, -0.25) is 10.1 Å². The Labute approximate surface area is 143 Å². The predicted molar refractivity (Wildman–Crippen MR) is 89.2 cm³/mol. The van der Waals surface area contributed by atoms with Crippen LogP contribution in [0.5, 0.6) is 5.75 Å². The lowest BCUT2D eigenvalue weighted by Gasteiger charge is -2.20. The van der Waals surface area contributed by atoms with Crippen LogP contribution in [0.1, 0.15) is 28.1 Å². The van der Waals surface area contributed by atoms with Crippen LogP contribution in [0.15, 0.2) is 17.3 Å². The van der Waals surface area contributed by atoms with Gasteiger partial charge in [-0.1, -0.05) is 11.8 Å². The highest BCUT2D eigenvalue weighted by atomic mass is 32.2. The fourth-order valence-corrected chi connectivity index (χ4v) is 3.34. The van der Waals surface area contributed by atoms with Crippen molar-refractivity contribution in [2.24, 2.45) is 0 Å². The number of ether oxygens (including phenoxy) is 2. The van der Waals surface area contributed by atoms with E-state index in [9.17, 15) is 10.1 Å². The van der Waals surface area contributed by atoms with E-state index in [2.05, 4.69) is 9.97 Å². The van der Waals surface area contributed by atoms with Gasteiger partial charge in [-0.05, 0) is 26.3 Å². The average molecular weight is 347 g/mol. The maximum atomic E-state index is 11.1. The number of nitro groups is 1. The van der Waals surface area contributed by atoms with Gasteiger partial charge in [0.05, 0.1) is 11.5 Å². The summed E-state index contributed by atoms with van der Waals surface area (Å²) < 4.78 is 10.8. The molecule has 2 aromatic rings. The molecule has 0 atom stereocenters. The molecule has 0 amide bonds. The van der Waals surface area contributed by atoms with Crippen molar-refractivity contribution in [2.45, 2.75) is 38.3 Å². The minimum Gasteiger partial charge on any atom is -0.467 e. The zero-order valence-electron chi connectivity index (χ0n) is 13.7. The smallest absolute Gasteiger partial charge is 0.270 e. The summed E-state index contributed by atoms with van der Waals surface area (Å²) in [6.07, 6.45) is 0. The van der Waals surface area contributed by atoms with E-state index in [1.807, 2.05) is 20.8 Å². The first kappa shape index (κ1) is 16.7. The summed E-state index contributed by atoms with van der Waals surface area (Å²) >= 11 is 1.44. The fourth-order valence-electron chi connectivity index (χ4n) is 2.44. The van der Waals surface area contributed by atoms with Crippen LogP contribution in [0.2, 0.25) is 0 Å². The highest BCUT2D eigenvalue weighted by molar-refractivity contribution is 7.98. The molecule has 1 aromatic heterocycles. The van der Waals surface area contributed by atoms with Crippen molar-refractivity contribution in [3.8, 4) is 5.75 Å². The summed E-state index contributed by atoms with van der Waals surface area (Å²) in [4.78, 5) is 19.7. The summed E-state index contributed by atoms with van der Waals surface area (Å²) in [5, 5.41) is 11.8. The summed E-state index contributed by atoms with van der Waals surface area (Å²) in [6.45, 7) is 6.35. The first-order valence-electron chi connectivity index (χ1n) is 7.41. The van der Waals surface area contributed by atoms with E-state index in [4.69, 9.17) is 9.47 Å². The molecular weight excluding hydrogens is 330 g/mol. The normalized spacial score (nSPS) is 13.3. The molecule has 3 rings (SSSR count). The van der Waals surface area contributed by atoms with Gasteiger partial charge in [-0.25, -0.2) is 9.97 Å². The molecule has 1 aliphatic rings. The summed E-state index contributed by atoms with van der Waals surface area (Å²) in [5.41, 5.74) is 4.45. The Hall–Kier alpha value is -2.19. The molecule has 24 heavy (non-hydrogen) atoms. The molecular formula is C16H17N3O4S. The number of fused-ring (bicyclic) bond motifs is 1. The molecule has 0 spiro atoms. The second-order valence-electron chi connectivity index (χ2n) is 5.55. The third-order valence-corrected chi connectivity index (χ3v) is 4.85. The van der Waals surface area contributed by atoms with E-state index in [1.165, 1.54) is 17.8 Å². The van der Waals surface area contributed by atoms with Crippen LogP contribution < -0.4 is 4.74 Å². The second-order valence-corrected chi connectivity index (χ2v) is 6.49. The second kappa shape index (κ2) is 6.74. The topological polar surface area (TPSA) is 87.4 Å². The van der Waals surface area contributed by atoms with Crippen molar-refractivity contribution in [3.63, 3.8) is 0 Å². The Morgan fingerprint density at radius 1 is 1.25 bits per heavy atom. The van der Waals surface area contributed by atoms with Crippen LogP contribution >= 0.6 is 11.8 Å². The Balaban J connectivity index is 1.89. The van der Waals surface area contributed by atoms with E-state index in [1.54, 1.807) is 6.07 Å². The van der Waals surface area contributed by atoms with Crippen LogP contribution in [-0.2, 0) is 17.1 Å². The summed E-state index contributed by atoms with van der Waals surface area (Å²) in [6, 6.07) is 3.05. The molecule has 1 aromatic carbocycles. The van der Waals surface area contributed by atoms with Crippen LogP contribution in [-0.4, -0.2) is 21.7 Å².